The van der Waals surface area contributed by atoms with Gasteiger partial charge in [-0.15, -0.1) is 6.58 Å². The van der Waals surface area contributed by atoms with E-state index in [1.165, 1.54) is 0 Å². The molecular weight excluding hydrogens is 378 g/mol. The molecule has 0 bridgehead atoms. The fourth-order valence-electron chi connectivity index (χ4n) is 3.92. The second kappa shape index (κ2) is 8.06. The number of carbonyl (C=O) groups is 2. The van der Waals surface area contributed by atoms with Gasteiger partial charge >= 0.3 is 6.03 Å². The first-order valence-electron chi connectivity index (χ1n) is 10.1. The van der Waals surface area contributed by atoms with Crippen LogP contribution in [0.2, 0.25) is 0 Å². The molecule has 0 spiro atoms. The molecule has 30 heavy (non-hydrogen) atoms. The van der Waals surface area contributed by atoms with Crippen LogP contribution in [0.5, 0.6) is 5.75 Å². The first kappa shape index (κ1) is 19.8. The molecule has 0 aromatic heterocycles. The predicted molar refractivity (Wildman–Crippen MR) is 116 cm³/mol. The zero-order valence-electron chi connectivity index (χ0n) is 17.2. The van der Waals surface area contributed by atoms with E-state index in [-0.39, 0.29) is 11.9 Å². The number of nitrogens with zero attached hydrogens (tertiary/aromatic N) is 2. The van der Waals surface area contributed by atoms with E-state index in [2.05, 4.69) is 11.9 Å². The van der Waals surface area contributed by atoms with Gasteiger partial charge in [0.2, 0.25) is 0 Å². The number of hydrogen-bond acceptors (Lipinski definition) is 3. The smallest absolute Gasteiger partial charge is 0.322 e. The van der Waals surface area contributed by atoms with Crippen LogP contribution >= 0.6 is 0 Å². The molecule has 0 unspecified atom stereocenters. The molecule has 2 heterocycles. The number of carbonyl (C=O) groups excluding carboxylic acids is 2. The lowest BCUT2D eigenvalue weighted by molar-refractivity contribution is -0.114. The summed E-state index contributed by atoms with van der Waals surface area (Å²) >= 11 is 0. The Morgan fingerprint density at radius 1 is 1.13 bits per heavy atom. The van der Waals surface area contributed by atoms with Crippen molar-refractivity contribution in [3.05, 3.63) is 83.6 Å². The maximum absolute atomic E-state index is 13.5. The molecule has 0 saturated carbocycles. The third kappa shape index (κ3) is 3.45. The summed E-state index contributed by atoms with van der Waals surface area (Å²) in [5.41, 5.74) is 4.11. The Kier molecular flexibility index (Phi) is 5.31. The lowest BCUT2D eigenvalue weighted by atomic mass is 9.95. The third-order valence-corrected chi connectivity index (χ3v) is 5.40. The van der Waals surface area contributed by atoms with Crippen molar-refractivity contribution < 1.29 is 14.3 Å². The summed E-state index contributed by atoms with van der Waals surface area (Å²) in [7, 11) is 0. The average Bonchev–Trinajstić information content (AvgIpc) is 3.09. The number of ether oxygens (including phenoxy) is 1. The van der Waals surface area contributed by atoms with Crippen LogP contribution in [0.3, 0.4) is 0 Å². The molecular formula is C24H25N3O3. The van der Waals surface area contributed by atoms with E-state index in [4.69, 9.17) is 4.74 Å². The Labute approximate surface area is 176 Å². The van der Waals surface area contributed by atoms with Gasteiger partial charge in [0.25, 0.3) is 5.91 Å². The molecule has 1 N–H and O–H groups in total. The minimum absolute atomic E-state index is 0.0956. The lowest BCUT2D eigenvalue weighted by Crippen LogP contribution is -2.47. The quantitative estimate of drug-likeness (QED) is 0.743. The molecule has 2 aromatic rings. The highest BCUT2D eigenvalue weighted by atomic mass is 16.5. The van der Waals surface area contributed by atoms with Crippen molar-refractivity contribution in [1.82, 2.24) is 10.2 Å². The van der Waals surface area contributed by atoms with Crippen LogP contribution in [0.15, 0.2) is 72.5 Å². The van der Waals surface area contributed by atoms with E-state index in [1.807, 2.05) is 62.4 Å². The first-order valence-corrected chi connectivity index (χ1v) is 10.1. The van der Waals surface area contributed by atoms with Crippen LogP contribution in [0.25, 0.3) is 0 Å². The topological polar surface area (TPSA) is 61.9 Å². The number of hydrogen-bond donors (Lipinski definition) is 1. The van der Waals surface area contributed by atoms with E-state index in [0.717, 1.165) is 28.3 Å². The molecule has 1 atom stereocenters. The second-order valence-electron chi connectivity index (χ2n) is 7.37. The van der Waals surface area contributed by atoms with Crippen molar-refractivity contribution in [2.45, 2.75) is 19.9 Å². The molecule has 6 heteroatoms. The zero-order valence-corrected chi connectivity index (χ0v) is 17.2. The third-order valence-electron chi connectivity index (χ3n) is 5.40. The van der Waals surface area contributed by atoms with Gasteiger partial charge in [-0.2, -0.15) is 0 Å². The van der Waals surface area contributed by atoms with Gasteiger partial charge in [0, 0.05) is 12.2 Å². The number of urea groups is 1. The fraction of sp³-hybridized carbons (Fsp3) is 0.250. The molecule has 4 rings (SSSR count). The summed E-state index contributed by atoms with van der Waals surface area (Å²) in [6.07, 6.45) is 1.67. The normalized spacial score (nSPS) is 18.4. The highest BCUT2D eigenvalue weighted by Crippen LogP contribution is 2.38. The summed E-state index contributed by atoms with van der Waals surface area (Å²) in [6.45, 7) is 8.97. The molecule has 2 aliphatic heterocycles. The van der Waals surface area contributed by atoms with E-state index < -0.39 is 6.04 Å². The molecule has 0 radical (unpaired) electrons. The Morgan fingerprint density at radius 2 is 1.83 bits per heavy atom. The van der Waals surface area contributed by atoms with E-state index in [0.29, 0.717) is 25.3 Å². The molecule has 6 nitrogen and oxygen atoms in total. The Bertz CT molecular complexity index is 1010. The SMILES string of the molecule is C=CCN1C(=O)N[C@H](c2ccc(OCC)cc2)C2=C1CN(c1ccc(C)cc1)C2=O. The minimum atomic E-state index is -0.507. The standard InChI is InChI=1S/C24H25N3O3/c1-4-14-26-20-15-27(18-10-6-16(3)7-11-18)23(28)21(20)22(25-24(26)29)17-8-12-19(13-9-17)30-5-2/h4,6-13,22H,1,5,14-15H2,2-3H3,(H,25,29)/t22-/m1/s1. The Morgan fingerprint density at radius 3 is 2.47 bits per heavy atom. The average molecular weight is 403 g/mol. The summed E-state index contributed by atoms with van der Waals surface area (Å²) in [6, 6.07) is 14.6. The van der Waals surface area contributed by atoms with E-state index in [9.17, 15) is 9.59 Å². The molecule has 0 fully saturated rings. The molecule has 3 amide bonds. The van der Waals surface area contributed by atoms with Gasteiger partial charge in [-0.3, -0.25) is 9.69 Å². The van der Waals surface area contributed by atoms with Crippen LogP contribution in [-0.2, 0) is 4.79 Å². The number of amides is 3. The maximum atomic E-state index is 13.5. The molecule has 2 aliphatic rings. The molecule has 0 saturated heterocycles. The second-order valence-corrected chi connectivity index (χ2v) is 7.37. The number of anilines is 1. The molecule has 0 aliphatic carbocycles. The van der Waals surface area contributed by atoms with Crippen LogP contribution in [0, 0.1) is 6.92 Å². The maximum Gasteiger partial charge on any atom is 0.322 e. The van der Waals surface area contributed by atoms with E-state index in [1.54, 1.807) is 15.9 Å². The van der Waals surface area contributed by atoms with Crippen LogP contribution in [-0.4, -0.2) is 36.5 Å². The largest absolute Gasteiger partial charge is 0.494 e. The molecule has 2 aromatic carbocycles. The van der Waals surface area contributed by atoms with Crippen molar-refractivity contribution in [3.8, 4) is 5.75 Å². The number of benzene rings is 2. The van der Waals surface area contributed by atoms with Gasteiger partial charge in [-0.05, 0) is 43.7 Å². The monoisotopic (exact) mass is 403 g/mol. The fourth-order valence-corrected chi connectivity index (χ4v) is 3.92. The van der Waals surface area contributed by atoms with Crippen LogP contribution in [0.1, 0.15) is 24.1 Å². The number of aryl methyl sites for hydroxylation is 1. The first-order chi connectivity index (χ1) is 14.5. The highest BCUT2D eigenvalue weighted by molar-refractivity contribution is 6.11. The minimum Gasteiger partial charge on any atom is -0.494 e. The van der Waals surface area contributed by atoms with Crippen molar-refractivity contribution >= 4 is 17.6 Å². The number of rotatable bonds is 6. The highest BCUT2D eigenvalue weighted by Gasteiger charge is 2.44. The van der Waals surface area contributed by atoms with Gasteiger partial charge in [-0.1, -0.05) is 35.9 Å². The van der Waals surface area contributed by atoms with E-state index >= 15 is 0 Å². The Hall–Kier alpha value is -3.54. The Balaban J connectivity index is 1.73. The summed E-state index contributed by atoms with van der Waals surface area (Å²) in [4.78, 5) is 29.6. The van der Waals surface area contributed by atoms with Gasteiger partial charge in [0.1, 0.15) is 5.75 Å². The number of nitrogens with one attached hydrogen (secondary N) is 1. The summed E-state index contributed by atoms with van der Waals surface area (Å²) < 4.78 is 5.52. The summed E-state index contributed by atoms with van der Waals surface area (Å²) in [5.74, 6) is 0.659. The van der Waals surface area contributed by atoms with Crippen molar-refractivity contribution in [1.29, 1.82) is 0 Å². The zero-order chi connectivity index (χ0) is 21.3. The van der Waals surface area contributed by atoms with Gasteiger partial charge in [-0.25, -0.2) is 4.79 Å². The van der Waals surface area contributed by atoms with Crippen molar-refractivity contribution in [2.75, 3.05) is 24.6 Å². The predicted octanol–water partition coefficient (Wildman–Crippen LogP) is 3.95. The summed E-state index contributed by atoms with van der Waals surface area (Å²) in [5, 5.41) is 3.00. The van der Waals surface area contributed by atoms with Crippen molar-refractivity contribution in [2.24, 2.45) is 0 Å². The van der Waals surface area contributed by atoms with Gasteiger partial charge in [0.15, 0.2) is 0 Å². The van der Waals surface area contributed by atoms with Crippen LogP contribution < -0.4 is 15.0 Å². The van der Waals surface area contributed by atoms with Crippen LogP contribution in [0.4, 0.5) is 10.5 Å². The van der Waals surface area contributed by atoms with Gasteiger partial charge in [0.05, 0.1) is 30.5 Å². The lowest BCUT2D eigenvalue weighted by Gasteiger charge is -2.33. The molecule has 154 valence electrons. The van der Waals surface area contributed by atoms with Gasteiger partial charge < -0.3 is 15.0 Å². The van der Waals surface area contributed by atoms with Crippen molar-refractivity contribution in [3.63, 3.8) is 0 Å².